The highest BCUT2D eigenvalue weighted by Gasteiger charge is 2.06. The van der Waals surface area contributed by atoms with Gasteiger partial charge in [-0.15, -0.1) is 0 Å². The smallest absolute Gasteiger partial charge is 0.237 e. The summed E-state index contributed by atoms with van der Waals surface area (Å²) in [7, 11) is 1.85. The van der Waals surface area contributed by atoms with Crippen molar-refractivity contribution in [1.29, 1.82) is 0 Å². The molecule has 3 rings (SSSR count). The molecule has 2 heterocycles. The van der Waals surface area contributed by atoms with Crippen molar-refractivity contribution in [3.8, 4) is 22.9 Å². The Morgan fingerprint density at radius 3 is 2.68 bits per heavy atom. The zero-order valence-electron chi connectivity index (χ0n) is 14.1. The number of rotatable bonds is 7. The number of benzene rings is 1. The van der Waals surface area contributed by atoms with Gasteiger partial charge in [-0.2, -0.15) is 5.10 Å². The predicted molar refractivity (Wildman–Crippen MR) is 95.2 cm³/mol. The number of hydrogen-bond acceptors (Lipinski definition) is 6. The van der Waals surface area contributed by atoms with Crippen LogP contribution in [0.5, 0.6) is 11.6 Å². The van der Waals surface area contributed by atoms with Crippen LogP contribution in [-0.4, -0.2) is 31.5 Å². The Balaban J connectivity index is 1.71. The Labute approximate surface area is 146 Å². The van der Waals surface area contributed by atoms with Crippen LogP contribution in [-0.2, 0) is 13.5 Å². The average Bonchev–Trinajstić information content (AvgIpc) is 3.02. The summed E-state index contributed by atoms with van der Waals surface area (Å²) in [6.45, 7) is 0.199. The van der Waals surface area contributed by atoms with Crippen molar-refractivity contribution in [3.05, 3.63) is 48.5 Å². The zero-order chi connectivity index (χ0) is 17.6. The zero-order valence-corrected chi connectivity index (χ0v) is 14.1. The number of nitrogens with two attached hydrogens (primary N) is 1. The minimum Gasteiger partial charge on any atom is -0.437 e. The van der Waals surface area contributed by atoms with Crippen molar-refractivity contribution in [2.45, 2.75) is 19.3 Å². The van der Waals surface area contributed by atoms with E-state index in [0.717, 1.165) is 36.1 Å². The first-order valence-corrected chi connectivity index (χ1v) is 8.13. The molecule has 0 saturated heterocycles. The van der Waals surface area contributed by atoms with Crippen LogP contribution in [0.3, 0.4) is 0 Å². The van der Waals surface area contributed by atoms with Crippen LogP contribution in [0.2, 0.25) is 0 Å². The lowest BCUT2D eigenvalue weighted by Crippen LogP contribution is -1.95. The number of ether oxygens (including phenoxy) is 1. The highest BCUT2D eigenvalue weighted by atomic mass is 16.5. The van der Waals surface area contributed by atoms with Crippen LogP contribution in [0.15, 0.2) is 43.0 Å². The lowest BCUT2D eigenvalue weighted by atomic mass is 10.1. The van der Waals surface area contributed by atoms with Crippen LogP contribution in [0, 0.1) is 0 Å². The number of anilines is 1. The molecule has 0 aliphatic carbocycles. The molecule has 25 heavy (non-hydrogen) atoms. The molecule has 3 aromatic rings. The van der Waals surface area contributed by atoms with Crippen molar-refractivity contribution in [1.82, 2.24) is 19.7 Å². The van der Waals surface area contributed by atoms with E-state index in [0.29, 0.717) is 17.3 Å². The first-order chi connectivity index (χ1) is 12.1. The third-order valence-corrected chi connectivity index (χ3v) is 3.71. The Bertz CT molecular complexity index is 830. The lowest BCUT2D eigenvalue weighted by molar-refractivity contribution is 0.284. The molecule has 0 spiro atoms. The molecule has 0 aliphatic rings. The van der Waals surface area contributed by atoms with Crippen LogP contribution in [0.1, 0.15) is 18.4 Å². The number of unbranched alkanes of at least 4 members (excludes halogenated alkanes) is 1. The molecule has 1 aromatic carbocycles. The fourth-order valence-corrected chi connectivity index (χ4v) is 2.52. The van der Waals surface area contributed by atoms with Crippen molar-refractivity contribution in [3.63, 3.8) is 0 Å². The van der Waals surface area contributed by atoms with Gasteiger partial charge in [0.15, 0.2) is 0 Å². The molecule has 7 nitrogen and oxygen atoms in total. The van der Waals surface area contributed by atoms with E-state index in [1.165, 1.54) is 0 Å². The van der Waals surface area contributed by atoms with Crippen LogP contribution >= 0.6 is 0 Å². The average molecular weight is 339 g/mol. The molecule has 0 atom stereocenters. The number of aromatic nitrogens is 4. The van der Waals surface area contributed by atoms with Crippen molar-refractivity contribution < 1.29 is 9.84 Å². The summed E-state index contributed by atoms with van der Waals surface area (Å²) in [5.74, 6) is 1.03. The highest BCUT2D eigenvalue weighted by Crippen LogP contribution is 2.25. The number of aliphatic hydroxyl groups is 1. The van der Waals surface area contributed by atoms with Crippen LogP contribution in [0.4, 0.5) is 5.69 Å². The van der Waals surface area contributed by atoms with Gasteiger partial charge in [0.25, 0.3) is 0 Å². The van der Waals surface area contributed by atoms with E-state index in [9.17, 15) is 0 Å². The predicted octanol–water partition coefficient (Wildman–Crippen LogP) is 2.57. The topological polar surface area (TPSA) is 99.1 Å². The summed E-state index contributed by atoms with van der Waals surface area (Å²) in [5.41, 5.74) is 9.29. The number of nitrogens with zero attached hydrogens (tertiary/aromatic N) is 4. The van der Waals surface area contributed by atoms with E-state index in [4.69, 9.17) is 15.6 Å². The van der Waals surface area contributed by atoms with Gasteiger partial charge in [-0.3, -0.25) is 4.68 Å². The highest BCUT2D eigenvalue weighted by molar-refractivity contribution is 5.55. The summed E-state index contributed by atoms with van der Waals surface area (Å²) >= 11 is 0. The van der Waals surface area contributed by atoms with Gasteiger partial charge in [0.1, 0.15) is 5.75 Å². The molecule has 0 amide bonds. The Morgan fingerprint density at radius 2 is 2.00 bits per heavy atom. The van der Waals surface area contributed by atoms with Gasteiger partial charge in [0.2, 0.25) is 5.88 Å². The minimum absolute atomic E-state index is 0.199. The van der Waals surface area contributed by atoms with E-state index in [1.54, 1.807) is 29.3 Å². The van der Waals surface area contributed by atoms with Crippen molar-refractivity contribution in [2.75, 3.05) is 12.3 Å². The first-order valence-electron chi connectivity index (χ1n) is 8.13. The molecular formula is C18H21N5O2. The van der Waals surface area contributed by atoms with Crippen molar-refractivity contribution >= 4 is 5.69 Å². The number of nitrogen functional groups attached to an aromatic ring is 1. The second-order valence-corrected chi connectivity index (χ2v) is 5.84. The van der Waals surface area contributed by atoms with E-state index >= 15 is 0 Å². The molecule has 3 N–H and O–H groups in total. The lowest BCUT2D eigenvalue weighted by Gasteiger charge is -2.09. The molecule has 7 heteroatoms. The van der Waals surface area contributed by atoms with Gasteiger partial charge in [0.05, 0.1) is 24.3 Å². The number of hydrogen-bond donors (Lipinski definition) is 2. The second-order valence-electron chi connectivity index (χ2n) is 5.84. The monoisotopic (exact) mass is 339 g/mol. The van der Waals surface area contributed by atoms with Crippen LogP contribution in [0.25, 0.3) is 11.3 Å². The summed E-state index contributed by atoms with van der Waals surface area (Å²) in [6.07, 6.45) is 9.36. The second kappa shape index (κ2) is 7.76. The van der Waals surface area contributed by atoms with E-state index in [1.807, 2.05) is 25.4 Å². The standard InChI is InChI=1S/C18H21N5O2/c1-23-12-14(9-22-23)17-10-21-18(11-20-17)25-16-7-13(4-2-3-5-24)6-15(19)8-16/h6-12,24H,2-5,19H2,1H3. The molecular weight excluding hydrogens is 318 g/mol. The largest absolute Gasteiger partial charge is 0.437 e. The molecule has 0 radical (unpaired) electrons. The van der Waals surface area contributed by atoms with E-state index < -0.39 is 0 Å². The van der Waals surface area contributed by atoms with Gasteiger partial charge in [0, 0.05) is 37.2 Å². The van der Waals surface area contributed by atoms with Crippen LogP contribution < -0.4 is 10.5 Å². The van der Waals surface area contributed by atoms with Gasteiger partial charge in [-0.25, -0.2) is 9.97 Å². The number of aryl methyl sites for hydroxylation is 2. The first kappa shape index (κ1) is 16.9. The summed E-state index contributed by atoms with van der Waals surface area (Å²) in [4.78, 5) is 8.66. The Morgan fingerprint density at radius 1 is 1.12 bits per heavy atom. The maximum atomic E-state index is 8.88. The Kier molecular flexibility index (Phi) is 5.25. The third-order valence-electron chi connectivity index (χ3n) is 3.71. The normalized spacial score (nSPS) is 10.8. The van der Waals surface area contributed by atoms with E-state index in [-0.39, 0.29) is 6.61 Å². The molecule has 0 unspecified atom stereocenters. The molecule has 0 aliphatic heterocycles. The third kappa shape index (κ3) is 4.54. The summed E-state index contributed by atoms with van der Waals surface area (Å²) in [6, 6.07) is 5.61. The fourth-order valence-electron chi connectivity index (χ4n) is 2.52. The fraction of sp³-hybridized carbons (Fsp3) is 0.278. The molecule has 2 aromatic heterocycles. The SMILES string of the molecule is Cn1cc(-c2cnc(Oc3cc(N)cc(CCCCO)c3)cn2)cn1. The molecule has 0 fully saturated rings. The maximum absolute atomic E-state index is 8.88. The molecule has 130 valence electrons. The van der Waals surface area contributed by atoms with Crippen molar-refractivity contribution in [2.24, 2.45) is 7.05 Å². The minimum atomic E-state index is 0.199. The summed E-state index contributed by atoms with van der Waals surface area (Å²) < 4.78 is 7.49. The quantitative estimate of drug-likeness (QED) is 0.507. The molecule has 0 bridgehead atoms. The Hall–Kier alpha value is -2.93. The number of aliphatic hydroxyl groups excluding tert-OH is 1. The molecule has 0 saturated carbocycles. The van der Waals surface area contributed by atoms with Gasteiger partial charge in [-0.1, -0.05) is 0 Å². The van der Waals surface area contributed by atoms with E-state index in [2.05, 4.69) is 15.1 Å². The summed E-state index contributed by atoms with van der Waals surface area (Å²) in [5, 5.41) is 13.0. The van der Waals surface area contributed by atoms with Gasteiger partial charge >= 0.3 is 0 Å². The van der Waals surface area contributed by atoms with Gasteiger partial charge < -0.3 is 15.6 Å². The van der Waals surface area contributed by atoms with Gasteiger partial charge in [-0.05, 0) is 37.0 Å². The maximum Gasteiger partial charge on any atom is 0.237 e.